The van der Waals surface area contributed by atoms with Crippen LogP contribution in [0.1, 0.15) is 23.6 Å². The van der Waals surface area contributed by atoms with Crippen LogP contribution in [0.4, 0.5) is 4.39 Å². The van der Waals surface area contributed by atoms with Gasteiger partial charge in [-0.15, -0.1) is 0 Å². The molecule has 5 heteroatoms. The Hall–Kier alpha value is -2.56. The molecule has 29 heavy (non-hydrogen) atoms. The van der Waals surface area contributed by atoms with Crippen LogP contribution in [-0.4, -0.2) is 13.2 Å². The molecule has 0 radical (unpaired) electrons. The number of halogens is 2. The molecule has 0 saturated heterocycles. The van der Waals surface area contributed by atoms with Crippen molar-refractivity contribution < 1.29 is 13.9 Å². The van der Waals surface area contributed by atoms with Crippen molar-refractivity contribution >= 4 is 11.6 Å². The van der Waals surface area contributed by atoms with Gasteiger partial charge in [0.25, 0.3) is 0 Å². The first kappa shape index (κ1) is 21.2. The first-order valence-corrected chi connectivity index (χ1v) is 10.1. The normalized spacial score (nSPS) is 10.7. The van der Waals surface area contributed by atoms with Crippen LogP contribution in [0.3, 0.4) is 0 Å². The standard InChI is InChI=1S/C24H25ClFNO2/c1-2-28-24-15-19(16-27-14-13-18-7-10-21(26)11-8-18)9-12-23(24)29-17-20-5-3-4-6-22(20)25/h3-12,15,27H,2,13-14,16-17H2,1H3. The minimum absolute atomic E-state index is 0.206. The summed E-state index contributed by atoms with van der Waals surface area (Å²) in [6.07, 6.45) is 0.845. The molecule has 0 aliphatic carbocycles. The Kier molecular flexibility index (Phi) is 7.91. The Morgan fingerprint density at radius 1 is 0.897 bits per heavy atom. The molecule has 3 nitrogen and oxygen atoms in total. The van der Waals surface area contributed by atoms with E-state index in [0.29, 0.717) is 30.5 Å². The van der Waals surface area contributed by atoms with Crippen molar-refractivity contribution in [2.75, 3.05) is 13.2 Å². The molecule has 0 fully saturated rings. The van der Waals surface area contributed by atoms with Crippen molar-refractivity contribution in [2.24, 2.45) is 0 Å². The van der Waals surface area contributed by atoms with E-state index < -0.39 is 0 Å². The summed E-state index contributed by atoms with van der Waals surface area (Å²) in [5.74, 6) is 1.21. The average Bonchev–Trinajstić information content (AvgIpc) is 2.73. The first-order chi connectivity index (χ1) is 14.2. The van der Waals surface area contributed by atoms with Gasteiger partial charge in [0.05, 0.1) is 6.61 Å². The molecule has 0 bridgehead atoms. The Morgan fingerprint density at radius 3 is 2.41 bits per heavy atom. The largest absolute Gasteiger partial charge is 0.490 e. The van der Waals surface area contributed by atoms with E-state index >= 15 is 0 Å². The van der Waals surface area contributed by atoms with E-state index in [0.717, 1.165) is 35.4 Å². The van der Waals surface area contributed by atoms with E-state index in [-0.39, 0.29) is 5.82 Å². The topological polar surface area (TPSA) is 30.5 Å². The number of benzene rings is 3. The zero-order valence-corrected chi connectivity index (χ0v) is 17.2. The van der Waals surface area contributed by atoms with Crippen molar-refractivity contribution in [1.29, 1.82) is 0 Å². The number of nitrogens with one attached hydrogen (secondary N) is 1. The number of ether oxygens (including phenoxy) is 2. The van der Waals surface area contributed by atoms with Crippen LogP contribution in [0.15, 0.2) is 66.7 Å². The van der Waals surface area contributed by atoms with Gasteiger partial charge in [-0.1, -0.05) is 48.0 Å². The van der Waals surface area contributed by atoms with Crippen molar-refractivity contribution in [2.45, 2.75) is 26.5 Å². The number of hydrogen-bond acceptors (Lipinski definition) is 3. The van der Waals surface area contributed by atoms with Crippen LogP contribution in [0.25, 0.3) is 0 Å². The molecule has 0 aliphatic rings. The minimum atomic E-state index is -0.206. The Balaban J connectivity index is 1.55. The van der Waals surface area contributed by atoms with Crippen molar-refractivity contribution in [3.05, 3.63) is 94.3 Å². The van der Waals surface area contributed by atoms with Gasteiger partial charge in [0, 0.05) is 17.1 Å². The highest BCUT2D eigenvalue weighted by Gasteiger charge is 2.08. The molecule has 0 spiro atoms. The highest BCUT2D eigenvalue weighted by molar-refractivity contribution is 6.31. The second kappa shape index (κ2) is 10.8. The summed E-state index contributed by atoms with van der Waals surface area (Å²) in [5, 5.41) is 4.10. The van der Waals surface area contributed by atoms with Crippen molar-refractivity contribution in [3.8, 4) is 11.5 Å². The summed E-state index contributed by atoms with van der Waals surface area (Å²) in [7, 11) is 0. The Bertz CT molecular complexity index is 915. The fourth-order valence-corrected chi connectivity index (χ4v) is 3.13. The molecule has 0 amide bonds. The maximum atomic E-state index is 13.0. The molecule has 3 aromatic rings. The quantitative estimate of drug-likeness (QED) is 0.427. The van der Waals surface area contributed by atoms with Crippen LogP contribution in [0.5, 0.6) is 11.5 Å². The van der Waals surface area contributed by atoms with Crippen LogP contribution >= 0.6 is 11.6 Å². The fourth-order valence-electron chi connectivity index (χ4n) is 2.94. The summed E-state index contributed by atoms with van der Waals surface area (Å²) < 4.78 is 24.7. The van der Waals surface area contributed by atoms with Gasteiger partial charge in [0.2, 0.25) is 0 Å². The van der Waals surface area contributed by atoms with E-state index in [4.69, 9.17) is 21.1 Å². The maximum absolute atomic E-state index is 13.0. The maximum Gasteiger partial charge on any atom is 0.161 e. The third-order valence-electron chi connectivity index (χ3n) is 4.48. The van der Waals surface area contributed by atoms with Crippen molar-refractivity contribution in [3.63, 3.8) is 0 Å². The molecule has 152 valence electrons. The Labute approximate surface area is 176 Å². The van der Waals surface area contributed by atoms with E-state index in [2.05, 4.69) is 5.32 Å². The molecule has 3 aromatic carbocycles. The van der Waals surface area contributed by atoms with Gasteiger partial charge in [-0.25, -0.2) is 4.39 Å². The monoisotopic (exact) mass is 413 g/mol. The lowest BCUT2D eigenvalue weighted by Gasteiger charge is -2.14. The molecule has 0 unspecified atom stereocenters. The SMILES string of the molecule is CCOc1cc(CNCCc2ccc(F)cc2)ccc1OCc1ccccc1Cl. The smallest absolute Gasteiger partial charge is 0.161 e. The fraction of sp³-hybridized carbons (Fsp3) is 0.250. The van der Waals surface area contributed by atoms with Gasteiger partial charge in [0.1, 0.15) is 12.4 Å². The van der Waals surface area contributed by atoms with E-state index in [9.17, 15) is 4.39 Å². The summed E-state index contributed by atoms with van der Waals surface area (Å²) in [6.45, 7) is 4.41. The molecule has 0 heterocycles. The van der Waals surface area contributed by atoms with Crippen molar-refractivity contribution in [1.82, 2.24) is 5.32 Å². The molecule has 0 aromatic heterocycles. The van der Waals surface area contributed by atoms with Gasteiger partial charge < -0.3 is 14.8 Å². The third-order valence-corrected chi connectivity index (χ3v) is 4.85. The molecular weight excluding hydrogens is 389 g/mol. The third kappa shape index (κ3) is 6.48. The number of rotatable bonds is 10. The lowest BCUT2D eigenvalue weighted by Crippen LogP contribution is -2.16. The van der Waals surface area contributed by atoms with Gasteiger partial charge in [-0.3, -0.25) is 0 Å². The van der Waals surface area contributed by atoms with Gasteiger partial charge in [-0.2, -0.15) is 0 Å². The van der Waals surface area contributed by atoms with Gasteiger partial charge >= 0.3 is 0 Å². The Morgan fingerprint density at radius 2 is 1.66 bits per heavy atom. The second-order valence-corrected chi connectivity index (χ2v) is 7.05. The zero-order valence-electron chi connectivity index (χ0n) is 16.5. The highest BCUT2D eigenvalue weighted by atomic mass is 35.5. The highest BCUT2D eigenvalue weighted by Crippen LogP contribution is 2.30. The van der Waals surface area contributed by atoms with Crippen LogP contribution in [0, 0.1) is 5.82 Å². The van der Waals surface area contributed by atoms with Crippen LogP contribution in [-0.2, 0) is 19.6 Å². The molecule has 0 saturated carbocycles. The first-order valence-electron chi connectivity index (χ1n) is 9.73. The van der Waals surface area contributed by atoms with Crippen LogP contribution in [0.2, 0.25) is 5.02 Å². The second-order valence-electron chi connectivity index (χ2n) is 6.65. The summed E-state index contributed by atoms with van der Waals surface area (Å²) >= 11 is 6.20. The van der Waals surface area contributed by atoms with E-state index in [1.165, 1.54) is 12.1 Å². The molecule has 0 atom stereocenters. The number of hydrogen-bond donors (Lipinski definition) is 1. The molecular formula is C24H25ClFNO2. The molecule has 1 N–H and O–H groups in total. The van der Waals surface area contributed by atoms with Crippen LogP contribution < -0.4 is 14.8 Å². The predicted molar refractivity (Wildman–Crippen MR) is 115 cm³/mol. The summed E-state index contributed by atoms with van der Waals surface area (Å²) in [6, 6.07) is 20.2. The lowest BCUT2D eigenvalue weighted by molar-refractivity contribution is 0.269. The van der Waals surface area contributed by atoms with E-state index in [1.807, 2.05) is 61.5 Å². The lowest BCUT2D eigenvalue weighted by atomic mass is 10.1. The zero-order chi connectivity index (χ0) is 20.5. The minimum Gasteiger partial charge on any atom is -0.490 e. The average molecular weight is 414 g/mol. The molecule has 3 rings (SSSR count). The van der Waals surface area contributed by atoms with E-state index in [1.54, 1.807) is 0 Å². The molecule has 0 aliphatic heterocycles. The van der Waals surface area contributed by atoms with Gasteiger partial charge in [0.15, 0.2) is 11.5 Å². The summed E-state index contributed by atoms with van der Waals surface area (Å²) in [4.78, 5) is 0. The summed E-state index contributed by atoms with van der Waals surface area (Å²) in [5.41, 5.74) is 3.15. The van der Waals surface area contributed by atoms with Gasteiger partial charge in [-0.05, 0) is 61.3 Å². The predicted octanol–water partition coefficient (Wildman–Crippen LogP) is 5.79.